The maximum Gasteiger partial charge on any atom is 0.0912 e. The topological polar surface area (TPSA) is 81.1 Å². The second kappa shape index (κ2) is 11.5. The second-order valence-electron chi connectivity index (χ2n) is 11.1. The summed E-state index contributed by atoms with van der Waals surface area (Å²) < 4.78 is 0. The van der Waals surface area contributed by atoms with Gasteiger partial charge in [0, 0.05) is 50.4 Å². The Labute approximate surface area is 266 Å². The average Bonchev–Trinajstić information content (AvgIpc) is 3.93. The summed E-state index contributed by atoms with van der Waals surface area (Å²) in [5, 5.41) is 9.47. The van der Waals surface area contributed by atoms with E-state index >= 15 is 0 Å². The molecule has 0 fully saturated rings. The molecule has 5 heterocycles. The van der Waals surface area contributed by atoms with E-state index in [0.717, 1.165) is 83.8 Å². The van der Waals surface area contributed by atoms with Gasteiger partial charge < -0.3 is 9.97 Å². The Bertz CT molecular complexity index is 2260. The zero-order chi connectivity index (χ0) is 30.9. The van der Waals surface area contributed by atoms with Gasteiger partial charge in [-0.05, 0) is 71.3 Å². The minimum Gasteiger partial charge on any atom is -0.354 e. The summed E-state index contributed by atoms with van der Waals surface area (Å²) in [4.78, 5) is 17.8. The van der Waals surface area contributed by atoms with Crippen molar-refractivity contribution in [2.45, 2.75) is 0 Å². The highest BCUT2D eigenvalue weighted by Gasteiger charge is 2.17. The van der Waals surface area contributed by atoms with Gasteiger partial charge in [-0.25, -0.2) is 9.97 Å². The van der Waals surface area contributed by atoms with Crippen molar-refractivity contribution >= 4 is 52.4 Å². The second-order valence-corrected chi connectivity index (χ2v) is 11.1. The number of aromatic nitrogens is 4. The van der Waals surface area contributed by atoms with Gasteiger partial charge in [0.1, 0.15) is 0 Å². The summed E-state index contributed by atoms with van der Waals surface area (Å²) in [5.41, 5.74) is 14.1. The Morgan fingerprint density at radius 3 is 1.24 bits per heavy atom. The van der Waals surface area contributed by atoms with Crippen molar-refractivity contribution in [3.63, 3.8) is 0 Å². The molecule has 46 heavy (non-hydrogen) atoms. The normalized spacial score (nSPS) is 12.1. The molecule has 3 aromatic heterocycles. The molecule has 0 spiro atoms. The van der Waals surface area contributed by atoms with Gasteiger partial charge in [0.05, 0.1) is 28.8 Å². The number of rotatable bonds is 4. The Kier molecular flexibility index (Phi) is 6.79. The fraction of sp³-hybridized carbons (Fsp3) is 0. The Hall–Kier alpha value is -6.51. The molecule has 0 atom stereocenters. The first-order valence-corrected chi connectivity index (χ1v) is 15.2. The van der Waals surface area contributed by atoms with E-state index in [2.05, 4.69) is 88.8 Å². The number of aromatic amines is 2. The number of hydrogen-bond acceptors (Lipinski definition) is 3. The van der Waals surface area contributed by atoms with Crippen LogP contribution in [0.3, 0.4) is 0 Å². The minimum absolute atomic E-state index is 0.749. The van der Waals surface area contributed by atoms with Crippen LogP contribution in [0.25, 0.3) is 85.8 Å². The molecule has 0 aliphatic carbocycles. The van der Waals surface area contributed by atoms with Gasteiger partial charge >= 0.3 is 0 Å². The van der Waals surface area contributed by atoms with Gasteiger partial charge in [-0.3, -0.25) is 0 Å². The first-order chi connectivity index (χ1) is 22.8. The summed E-state index contributed by atoms with van der Waals surface area (Å²) in [6, 6.07) is 41.8. The molecule has 0 unspecified atom stereocenters. The summed E-state index contributed by atoms with van der Waals surface area (Å²) in [7, 11) is 0. The fourth-order valence-electron chi connectivity index (χ4n) is 6.25. The van der Waals surface area contributed by atoms with E-state index in [1.165, 1.54) is 6.08 Å². The first kappa shape index (κ1) is 27.1. The summed E-state index contributed by atoms with van der Waals surface area (Å²) in [5.74, 6) is 0. The Morgan fingerprint density at radius 1 is 0.457 bits per heavy atom. The SMILES string of the molecule is N#C/C=C/c1c2nc(c(-c3ccccc3)c3ccc([nH]3)c(-c3ccccc3)c3ccc([nH]3)c(-c3ccccc3)c3nc1C=C3)C=C2. The van der Waals surface area contributed by atoms with Crippen LogP contribution in [0.2, 0.25) is 0 Å². The van der Waals surface area contributed by atoms with Crippen LogP contribution in [0.1, 0.15) is 28.3 Å². The monoisotopic (exact) mass is 589 g/mol. The molecule has 5 heteroatoms. The highest BCUT2D eigenvalue weighted by molar-refractivity contribution is 5.99. The highest BCUT2D eigenvalue weighted by atomic mass is 14.8. The maximum atomic E-state index is 9.47. The molecule has 8 rings (SSSR count). The van der Waals surface area contributed by atoms with Gasteiger partial charge in [0.2, 0.25) is 0 Å². The number of benzene rings is 3. The van der Waals surface area contributed by atoms with Crippen molar-refractivity contribution in [3.8, 4) is 39.4 Å². The minimum atomic E-state index is 0.749. The van der Waals surface area contributed by atoms with Gasteiger partial charge in [-0.15, -0.1) is 0 Å². The summed E-state index contributed by atoms with van der Waals surface area (Å²) in [6.45, 7) is 0. The lowest BCUT2D eigenvalue weighted by molar-refractivity contribution is 1.26. The van der Waals surface area contributed by atoms with Crippen molar-refractivity contribution < 1.29 is 0 Å². The standard InChI is InChI=1S/C41H27N5/c42-26-10-17-30-31-18-20-33(43-31)39(27-11-4-1-5-12-27)35-22-24-37(45-35)41(29-15-8-3-9-16-29)38-25-23-36(46-38)40(28-13-6-2-7-14-28)34-21-19-32(30)44-34/h1-25,45-46H/b17-10+,31-30?,32-30?,39-33?,39-35?,40-34?,40-36?,41-37?,41-38?. The average molecular weight is 590 g/mol. The van der Waals surface area contributed by atoms with Crippen LogP contribution in [-0.4, -0.2) is 19.9 Å². The van der Waals surface area contributed by atoms with Crippen molar-refractivity contribution in [2.24, 2.45) is 0 Å². The third-order valence-electron chi connectivity index (χ3n) is 8.31. The lowest BCUT2D eigenvalue weighted by Gasteiger charge is -2.06. The van der Waals surface area contributed by atoms with Crippen LogP contribution in [0.15, 0.2) is 121 Å². The molecular formula is C41H27N5. The van der Waals surface area contributed by atoms with Crippen LogP contribution in [0, 0.1) is 11.3 Å². The molecule has 6 aromatic rings. The van der Waals surface area contributed by atoms with E-state index in [-0.39, 0.29) is 0 Å². The number of nitrogens with zero attached hydrogens (tertiary/aromatic N) is 3. The zero-order valence-corrected chi connectivity index (χ0v) is 24.8. The zero-order valence-electron chi connectivity index (χ0n) is 24.8. The number of H-pyrrole nitrogens is 2. The lowest BCUT2D eigenvalue weighted by atomic mass is 10.0. The number of hydrogen-bond donors (Lipinski definition) is 2. The van der Waals surface area contributed by atoms with Crippen LogP contribution in [-0.2, 0) is 0 Å². The molecule has 3 aromatic carbocycles. The van der Waals surface area contributed by atoms with Crippen LogP contribution >= 0.6 is 0 Å². The van der Waals surface area contributed by atoms with E-state index in [4.69, 9.17) is 9.97 Å². The number of allylic oxidation sites excluding steroid dienone is 1. The third kappa shape index (κ3) is 4.85. The molecule has 8 bridgehead atoms. The smallest absolute Gasteiger partial charge is 0.0912 e. The molecule has 216 valence electrons. The Balaban J connectivity index is 1.58. The van der Waals surface area contributed by atoms with E-state index in [1.54, 1.807) is 6.08 Å². The van der Waals surface area contributed by atoms with Crippen LogP contribution in [0.5, 0.6) is 0 Å². The lowest BCUT2D eigenvalue weighted by Crippen LogP contribution is -1.90. The van der Waals surface area contributed by atoms with Gasteiger partial charge in [0.25, 0.3) is 0 Å². The molecule has 0 saturated heterocycles. The molecule has 2 N–H and O–H groups in total. The number of nitriles is 1. The quantitative estimate of drug-likeness (QED) is 0.200. The highest BCUT2D eigenvalue weighted by Crippen LogP contribution is 2.36. The van der Waals surface area contributed by atoms with Crippen molar-refractivity contribution in [2.75, 3.05) is 0 Å². The summed E-state index contributed by atoms with van der Waals surface area (Å²) in [6.07, 6.45) is 11.4. The molecule has 0 radical (unpaired) electrons. The van der Waals surface area contributed by atoms with Crippen molar-refractivity contribution in [1.82, 2.24) is 19.9 Å². The molecule has 0 saturated carbocycles. The van der Waals surface area contributed by atoms with Gasteiger partial charge in [-0.1, -0.05) is 91.0 Å². The largest absolute Gasteiger partial charge is 0.354 e. The fourth-order valence-corrected chi connectivity index (χ4v) is 6.25. The van der Waals surface area contributed by atoms with Crippen molar-refractivity contribution in [3.05, 3.63) is 150 Å². The third-order valence-corrected chi connectivity index (χ3v) is 8.31. The van der Waals surface area contributed by atoms with E-state index < -0.39 is 0 Å². The van der Waals surface area contributed by atoms with Crippen LogP contribution in [0.4, 0.5) is 0 Å². The predicted molar refractivity (Wildman–Crippen MR) is 190 cm³/mol. The summed E-state index contributed by atoms with van der Waals surface area (Å²) >= 11 is 0. The van der Waals surface area contributed by atoms with Gasteiger partial charge in [-0.2, -0.15) is 5.26 Å². The predicted octanol–water partition coefficient (Wildman–Crippen LogP) is 10.2. The molecular weight excluding hydrogens is 562 g/mol. The number of fused-ring (bicyclic) bond motifs is 8. The van der Waals surface area contributed by atoms with E-state index in [1.807, 2.05) is 66.8 Å². The molecule has 2 aliphatic rings. The van der Waals surface area contributed by atoms with Crippen molar-refractivity contribution in [1.29, 1.82) is 5.26 Å². The number of nitrogens with one attached hydrogen (secondary N) is 2. The Morgan fingerprint density at radius 2 is 0.826 bits per heavy atom. The molecule has 2 aliphatic heterocycles. The first-order valence-electron chi connectivity index (χ1n) is 15.2. The van der Waals surface area contributed by atoms with E-state index in [0.29, 0.717) is 0 Å². The van der Waals surface area contributed by atoms with E-state index in [9.17, 15) is 5.26 Å². The van der Waals surface area contributed by atoms with Crippen LogP contribution < -0.4 is 0 Å². The maximum absolute atomic E-state index is 9.47. The molecule has 5 nitrogen and oxygen atoms in total. The molecule has 0 amide bonds. The van der Waals surface area contributed by atoms with Gasteiger partial charge in [0.15, 0.2) is 0 Å².